The van der Waals surface area contributed by atoms with Gasteiger partial charge < -0.3 is 15.3 Å². The topological polar surface area (TPSA) is 52.6 Å². The zero-order valence-electron chi connectivity index (χ0n) is 15.0. The second-order valence-electron chi connectivity index (χ2n) is 7.51. The predicted molar refractivity (Wildman–Crippen MR) is 98.5 cm³/mol. The highest BCUT2D eigenvalue weighted by atomic mass is 19.1. The average Bonchev–Trinajstić information content (AvgIpc) is 2.94. The molecule has 1 saturated heterocycles. The van der Waals surface area contributed by atoms with Crippen LogP contribution in [0.15, 0.2) is 36.4 Å². The summed E-state index contributed by atoms with van der Waals surface area (Å²) in [5.41, 5.74) is 3.70. The van der Waals surface area contributed by atoms with E-state index in [1.54, 1.807) is 19.1 Å². The summed E-state index contributed by atoms with van der Waals surface area (Å²) in [6, 6.07) is 10.6. The molecule has 0 bridgehead atoms. The van der Waals surface area contributed by atoms with Crippen LogP contribution in [0.25, 0.3) is 11.1 Å². The number of fused-ring (bicyclic) bond motifs is 3. The van der Waals surface area contributed by atoms with Gasteiger partial charge in [-0.3, -0.25) is 4.79 Å². The number of amides is 1. The van der Waals surface area contributed by atoms with Crippen LogP contribution < -0.4 is 5.32 Å². The highest BCUT2D eigenvalue weighted by Gasteiger charge is 2.36. The number of aliphatic hydroxyl groups is 1. The van der Waals surface area contributed by atoms with Crippen molar-refractivity contribution in [2.24, 2.45) is 5.92 Å². The molecule has 0 spiro atoms. The zero-order chi connectivity index (χ0) is 18.4. The fraction of sp³-hybridized carbons (Fsp3) is 0.381. The van der Waals surface area contributed by atoms with E-state index in [9.17, 15) is 14.3 Å². The Morgan fingerprint density at radius 1 is 1.19 bits per heavy atom. The Labute approximate surface area is 152 Å². The fourth-order valence-electron chi connectivity index (χ4n) is 4.26. The lowest BCUT2D eigenvalue weighted by Crippen LogP contribution is -2.29. The highest BCUT2D eigenvalue weighted by molar-refractivity contribution is 5.97. The number of likely N-dealkylation sites (N-methyl/N-ethyl adjacent to an activating group) is 1. The number of carbonyl (C=O) groups excluding carboxylic acids is 1. The minimum absolute atomic E-state index is 0.0447. The minimum atomic E-state index is -0.881. The van der Waals surface area contributed by atoms with Crippen LogP contribution in [0.5, 0.6) is 0 Å². The van der Waals surface area contributed by atoms with Crippen LogP contribution in [-0.4, -0.2) is 42.6 Å². The Balaban J connectivity index is 1.78. The number of likely N-dealkylation sites (tertiary alicyclic amines) is 1. The Morgan fingerprint density at radius 2 is 1.92 bits per heavy atom. The maximum atomic E-state index is 13.9. The molecule has 1 amide bonds. The van der Waals surface area contributed by atoms with E-state index in [2.05, 4.69) is 17.3 Å². The standard InChI is InChI=1S/C21H23FN2O2/c1-12(25)17-7-14(4-6-20(17)22)13-3-5-16-18(8-13)21(26)23-9-15-10-24(2)11-19(15)16/h3-8,12,15,19,25H,9-11H2,1-2H3,(H,23,26)/t12?,15-,19-/m0/s1. The Bertz CT molecular complexity index is 865. The van der Waals surface area contributed by atoms with Crippen molar-refractivity contribution in [2.75, 3.05) is 26.7 Å². The lowest BCUT2D eigenvalue weighted by Gasteiger charge is -2.17. The molecule has 3 atom stereocenters. The van der Waals surface area contributed by atoms with Crippen molar-refractivity contribution in [2.45, 2.75) is 18.9 Å². The van der Waals surface area contributed by atoms with Crippen LogP contribution in [0, 0.1) is 11.7 Å². The second-order valence-corrected chi connectivity index (χ2v) is 7.51. The first-order valence-electron chi connectivity index (χ1n) is 9.02. The number of nitrogens with zero attached hydrogens (tertiary/aromatic N) is 1. The van der Waals surface area contributed by atoms with E-state index in [1.165, 1.54) is 6.07 Å². The molecule has 4 rings (SSSR count). The number of halogens is 1. The van der Waals surface area contributed by atoms with E-state index in [1.807, 2.05) is 18.2 Å². The zero-order valence-corrected chi connectivity index (χ0v) is 15.0. The number of benzene rings is 2. The summed E-state index contributed by atoms with van der Waals surface area (Å²) >= 11 is 0. The summed E-state index contributed by atoms with van der Waals surface area (Å²) in [5.74, 6) is 0.317. The van der Waals surface area contributed by atoms with Crippen LogP contribution in [0.4, 0.5) is 4.39 Å². The maximum absolute atomic E-state index is 13.9. The molecular weight excluding hydrogens is 331 g/mol. The van der Waals surface area contributed by atoms with Crippen LogP contribution in [0.3, 0.4) is 0 Å². The molecule has 136 valence electrons. The monoisotopic (exact) mass is 354 g/mol. The number of hydrogen-bond donors (Lipinski definition) is 2. The van der Waals surface area contributed by atoms with Crippen molar-refractivity contribution < 1.29 is 14.3 Å². The molecule has 26 heavy (non-hydrogen) atoms. The van der Waals surface area contributed by atoms with Crippen molar-refractivity contribution in [3.8, 4) is 11.1 Å². The van der Waals surface area contributed by atoms with E-state index < -0.39 is 11.9 Å². The van der Waals surface area contributed by atoms with Gasteiger partial charge in [0.1, 0.15) is 5.82 Å². The van der Waals surface area contributed by atoms with Gasteiger partial charge in [-0.2, -0.15) is 0 Å². The average molecular weight is 354 g/mol. The van der Waals surface area contributed by atoms with Crippen LogP contribution in [0.2, 0.25) is 0 Å². The Morgan fingerprint density at radius 3 is 2.69 bits per heavy atom. The molecular formula is C21H23FN2O2. The summed E-state index contributed by atoms with van der Waals surface area (Å²) in [7, 11) is 2.11. The SMILES string of the molecule is CC(O)c1cc(-c2ccc3c(c2)C(=O)NC[C@H]2CN(C)C[C@H]32)ccc1F. The number of nitrogens with one attached hydrogen (secondary N) is 1. The summed E-state index contributed by atoms with van der Waals surface area (Å²) in [5, 5.41) is 12.8. The first kappa shape index (κ1) is 17.2. The van der Waals surface area contributed by atoms with Gasteiger partial charge in [-0.1, -0.05) is 18.2 Å². The van der Waals surface area contributed by atoms with Gasteiger partial charge >= 0.3 is 0 Å². The van der Waals surface area contributed by atoms with E-state index in [-0.39, 0.29) is 11.5 Å². The van der Waals surface area contributed by atoms with Crippen molar-refractivity contribution in [3.05, 3.63) is 58.9 Å². The molecule has 2 aromatic carbocycles. The maximum Gasteiger partial charge on any atom is 0.251 e. The quantitative estimate of drug-likeness (QED) is 0.872. The van der Waals surface area contributed by atoms with E-state index in [0.29, 0.717) is 23.9 Å². The normalized spacial score (nSPS) is 23.8. The van der Waals surface area contributed by atoms with Gasteiger partial charge in [-0.25, -0.2) is 4.39 Å². The molecule has 2 aliphatic heterocycles. The van der Waals surface area contributed by atoms with Crippen LogP contribution in [0.1, 0.15) is 40.4 Å². The fourth-order valence-corrected chi connectivity index (χ4v) is 4.26. The van der Waals surface area contributed by atoms with Gasteiger partial charge in [0, 0.05) is 36.7 Å². The van der Waals surface area contributed by atoms with Gasteiger partial charge in [-0.05, 0) is 54.8 Å². The largest absolute Gasteiger partial charge is 0.389 e. The van der Waals surface area contributed by atoms with E-state index in [4.69, 9.17) is 0 Å². The van der Waals surface area contributed by atoms with E-state index >= 15 is 0 Å². The molecule has 0 saturated carbocycles. The molecule has 2 heterocycles. The van der Waals surface area contributed by atoms with Crippen molar-refractivity contribution in [1.82, 2.24) is 10.2 Å². The predicted octanol–water partition coefficient (Wildman–Crippen LogP) is 2.93. The minimum Gasteiger partial charge on any atom is -0.389 e. The van der Waals surface area contributed by atoms with Crippen LogP contribution in [-0.2, 0) is 0 Å². The van der Waals surface area contributed by atoms with Crippen molar-refractivity contribution in [3.63, 3.8) is 0 Å². The smallest absolute Gasteiger partial charge is 0.251 e. The second kappa shape index (κ2) is 6.49. The van der Waals surface area contributed by atoms with Crippen LogP contribution >= 0.6 is 0 Å². The molecule has 0 aromatic heterocycles. The molecule has 2 aromatic rings. The molecule has 1 fully saturated rings. The summed E-state index contributed by atoms with van der Waals surface area (Å²) in [4.78, 5) is 14.9. The molecule has 2 N–H and O–H groups in total. The first-order valence-corrected chi connectivity index (χ1v) is 9.02. The molecule has 0 aliphatic carbocycles. The van der Waals surface area contributed by atoms with Gasteiger partial charge in [0.25, 0.3) is 5.91 Å². The number of hydrogen-bond acceptors (Lipinski definition) is 3. The molecule has 5 heteroatoms. The third-order valence-electron chi connectivity index (χ3n) is 5.63. The Hall–Kier alpha value is -2.24. The number of carbonyl (C=O) groups is 1. The van der Waals surface area contributed by atoms with Gasteiger partial charge in [0.15, 0.2) is 0 Å². The summed E-state index contributed by atoms with van der Waals surface area (Å²) in [6.45, 7) is 4.18. The van der Waals surface area contributed by atoms with Crippen molar-refractivity contribution >= 4 is 5.91 Å². The van der Waals surface area contributed by atoms with Gasteiger partial charge in [-0.15, -0.1) is 0 Å². The van der Waals surface area contributed by atoms with Gasteiger partial charge in [0.05, 0.1) is 6.10 Å². The number of aliphatic hydroxyl groups excluding tert-OH is 1. The summed E-state index contributed by atoms with van der Waals surface area (Å²) in [6.07, 6.45) is -0.881. The molecule has 4 nitrogen and oxygen atoms in total. The lowest BCUT2D eigenvalue weighted by molar-refractivity contribution is 0.0951. The Kier molecular flexibility index (Phi) is 4.29. The molecule has 0 radical (unpaired) electrons. The lowest BCUT2D eigenvalue weighted by atomic mass is 9.86. The first-order chi connectivity index (χ1) is 12.4. The number of rotatable bonds is 2. The molecule has 2 aliphatic rings. The molecule has 1 unspecified atom stereocenters. The van der Waals surface area contributed by atoms with E-state index in [0.717, 1.165) is 29.8 Å². The summed E-state index contributed by atoms with van der Waals surface area (Å²) < 4.78 is 13.9. The third kappa shape index (κ3) is 2.91. The highest BCUT2D eigenvalue weighted by Crippen LogP contribution is 2.37. The van der Waals surface area contributed by atoms with Crippen molar-refractivity contribution in [1.29, 1.82) is 0 Å². The third-order valence-corrected chi connectivity index (χ3v) is 5.63. The van der Waals surface area contributed by atoms with Gasteiger partial charge in [0.2, 0.25) is 0 Å².